The van der Waals surface area contributed by atoms with Crippen molar-refractivity contribution in [1.82, 2.24) is 4.31 Å². The van der Waals surface area contributed by atoms with E-state index in [1.807, 2.05) is 0 Å². The molecule has 0 aliphatic carbocycles. The average molecular weight is 457 g/mol. The van der Waals surface area contributed by atoms with Gasteiger partial charge in [-0.1, -0.05) is 6.07 Å². The molecule has 1 amide bonds. The first-order valence-corrected chi connectivity index (χ1v) is 9.84. The van der Waals surface area contributed by atoms with Crippen molar-refractivity contribution in [3.8, 4) is 0 Å². The highest BCUT2D eigenvalue weighted by atomic mass is 79.9. The minimum atomic E-state index is -3.62. The third kappa shape index (κ3) is 6.05. The summed E-state index contributed by atoms with van der Waals surface area (Å²) in [7, 11) is -0.794. The molecule has 0 aliphatic rings. The maximum atomic E-state index is 12.1. The molecule has 10 heteroatoms. The third-order valence-electron chi connectivity index (χ3n) is 3.22. The van der Waals surface area contributed by atoms with Crippen LogP contribution in [0.25, 0.3) is 6.08 Å². The standard InChI is InChI=1S/C17H17BrN2O6S/c1-20(2)27(23,24)14-5-3-4-12(10-14)19-16(21)11-25-17(22)9-7-13-6-8-15(18)26-13/h3-10H,11H2,1-2H3,(H,19,21). The summed E-state index contributed by atoms with van der Waals surface area (Å²) >= 11 is 3.14. The molecule has 0 bridgehead atoms. The molecule has 0 atom stereocenters. The Balaban J connectivity index is 1.90. The molecule has 0 saturated heterocycles. The number of nitrogens with zero attached hydrogens (tertiary/aromatic N) is 1. The lowest BCUT2D eigenvalue weighted by molar-refractivity contribution is -0.142. The van der Waals surface area contributed by atoms with Crippen LogP contribution in [0.3, 0.4) is 0 Å². The number of esters is 1. The number of carbonyl (C=O) groups excluding carboxylic acids is 2. The quantitative estimate of drug-likeness (QED) is 0.506. The number of benzene rings is 1. The highest BCUT2D eigenvalue weighted by Crippen LogP contribution is 2.18. The molecule has 0 fully saturated rings. The highest BCUT2D eigenvalue weighted by molar-refractivity contribution is 9.10. The van der Waals surface area contributed by atoms with Gasteiger partial charge in [0.25, 0.3) is 5.91 Å². The zero-order valence-corrected chi connectivity index (χ0v) is 16.9. The number of sulfonamides is 1. The van der Waals surface area contributed by atoms with E-state index in [-0.39, 0.29) is 10.6 Å². The number of amides is 1. The summed E-state index contributed by atoms with van der Waals surface area (Å²) in [5.41, 5.74) is 0.273. The van der Waals surface area contributed by atoms with Gasteiger partial charge < -0.3 is 14.5 Å². The molecule has 1 aromatic carbocycles. The number of rotatable bonds is 7. The lowest BCUT2D eigenvalue weighted by atomic mass is 10.3. The van der Waals surface area contributed by atoms with Gasteiger partial charge in [-0.2, -0.15) is 0 Å². The summed E-state index contributed by atoms with van der Waals surface area (Å²) in [4.78, 5) is 23.5. The number of hydrogen-bond donors (Lipinski definition) is 1. The number of hydrogen-bond acceptors (Lipinski definition) is 6. The van der Waals surface area contributed by atoms with Crippen molar-refractivity contribution in [3.63, 3.8) is 0 Å². The number of ether oxygens (including phenoxy) is 1. The fourth-order valence-corrected chi connectivity index (χ4v) is 3.16. The molecule has 8 nitrogen and oxygen atoms in total. The Morgan fingerprint density at radius 2 is 2.00 bits per heavy atom. The Kier molecular flexibility index (Phi) is 6.94. The van der Waals surface area contributed by atoms with Gasteiger partial charge in [-0.05, 0) is 52.3 Å². The molecule has 27 heavy (non-hydrogen) atoms. The van der Waals surface area contributed by atoms with Gasteiger partial charge >= 0.3 is 5.97 Å². The molecule has 144 valence electrons. The van der Waals surface area contributed by atoms with Gasteiger partial charge in [-0.25, -0.2) is 17.5 Å². The molecule has 0 unspecified atom stereocenters. The van der Waals surface area contributed by atoms with Crippen LogP contribution in [0.2, 0.25) is 0 Å². The Hall–Kier alpha value is -2.43. The number of nitrogens with one attached hydrogen (secondary N) is 1. The molecule has 0 saturated carbocycles. The highest BCUT2D eigenvalue weighted by Gasteiger charge is 2.17. The van der Waals surface area contributed by atoms with Crippen LogP contribution in [0.5, 0.6) is 0 Å². The molecule has 2 aromatic rings. The zero-order chi connectivity index (χ0) is 20.0. The molecule has 1 aromatic heterocycles. The van der Waals surface area contributed by atoms with Gasteiger partial charge in [-0.15, -0.1) is 0 Å². The van der Waals surface area contributed by atoms with E-state index in [9.17, 15) is 18.0 Å². The maximum absolute atomic E-state index is 12.1. The topological polar surface area (TPSA) is 106 Å². The smallest absolute Gasteiger partial charge is 0.331 e. The first kappa shape index (κ1) is 20.9. The van der Waals surface area contributed by atoms with Crippen LogP contribution >= 0.6 is 15.9 Å². The molecule has 0 aliphatic heterocycles. The van der Waals surface area contributed by atoms with Crippen LogP contribution in [0.15, 0.2) is 56.5 Å². The second-order valence-corrected chi connectivity index (χ2v) is 8.38. The van der Waals surface area contributed by atoms with Crippen LogP contribution in [0, 0.1) is 0 Å². The van der Waals surface area contributed by atoms with E-state index in [4.69, 9.17) is 9.15 Å². The minimum Gasteiger partial charge on any atom is -0.452 e. The van der Waals surface area contributed by atoms with Crippen LogP contribution < -0.4 is 5.32 Å². The number of anilines is 1. The Bertz CT molecular complexity index is 965. The van der Waals surface area contributed by atoms with Crippen LogP contribution in [0.1, 0.15) is 5.76 Å². The van der Waals surface area contributed by atoms with Gasteiger partial charge in [0.05, 0.1) is 4.90 Å². The summed E-state index contributed by atoms with van der Waals surface area (Å²) in [6, 6.07) is 9.09. The van der Waals surface area contributed by atoms with Gasteiger partial charge in [0.1, 0.15) is 5.76 Å². The lowest BCUT2D eigenvalue weighted by Crippen LogP contribution is -2.23. The number of furan rings is 1. The second-order valence-electron chi connectivity index (χ2n) is 5.45. The summed E-state index contributed by atoms with van der Waals surface area (Å²) in [6.07, 6.45) is 2.53. The monoisotopic (exact) mass is 456 g/mol. The molecular formula is C17H17BrN2O6S. The predicted molar refractivity (Wildman–Crippen MR) is 102 cm³/mol. The van der Waals surface area contributed by atoms with Crippen molar-refractivity contribution in [1.29, 1.82) is 0 Å². The van der Waals surface area contributed by atoms with Crippen LogP contribution in [-0.4, -0.2) is 45.3 Å². The maximum Gasteiger partial charge on any atom is 0.331 e. The van der Waals surface area contributed by atoms with Gasteiger partial charge in [-0.3, -0.25) is 4.79 Å². The normalized spacial score (nSPS) is 11.7. The largest absolute Gasteiger partial charge is 0.452 e. The molecule has 0 radical (unpaired) electrons. The second kappa shape index (κ2) is 8.98. The van der Waals surface area contributed by atoms with E-state index in [1.54, 1.807) is 12.1 Å². The van der Waals surface area contributed by atoms with Crippen molar-refractivity contribution >= 4 is 49.6 Å². The van der Waals surface area contributed by atoms with E-state index in [2.05, 4.69) is 21.2 Å². The predicted octanol–water partition coefficient (Wildman–Crippen LogP) is 2.49. The summed E-state index contributed by atoms with van der Waals surface area (Å²) in [6.45, 7) is -0.518. The average Bonchev–Trinajstić information content (AvgIpc) is 3.03. The molecule has 0 spiro atoms. The van der Waals surface area contributed by atoms with Crippen molar-refractivity contribution in [2.24, 2.45) is 0 Å². The summed E-state index contributed by atoms with van der Waals surface area (Å²) < 4.78 is 35.8. The van der Waals surface area contributed by atoms with Gasteiger partial charge in [0, 0.05) is 25.9 Å². The van der Waals surface area contributed by atoms with E-state index in [0.717, 1.165) is 10.4 Å². The Morgan fingerprint density at radius 3 is 2.63 bits per heavy atom. The minimum absolute atomic E-state index is 0.0369. The van der Waals surface area contributed by atoms with E-state index in [1.165, 1.54) is 44.4 Å². The van der Waals surface area contributed by atoms with E-state index >= 15 is 0 Å². The molecule has 1 heterocycles. The molecule has 2 rings (SSSR count). The Morgan fingerprint density at radius 1 is 1.26 bits per heavy atom. The van der Waals surface area contributed by atoms with Crippen LogP contribution in [0.4, 0.5) is 5.69 Å². The Labute approximate surface area is 165 Å². The summed E-state index contributed by atoms with van der Waals surface area (Å²) in [5, 5.41) is 2.48. The fraction of sp³-hybridized carbons (Fsp3) is 0.176. The van der Waals surface area contributed by atoms with Gasteiger partial charge in [0.2, 0.25) is 10.0 Å². The first-order chi connectivity index (χ1) is 12.7. The van der Waals surface area contributed by atoms with Crippen LogP contribution in [-0.2, 0) is 24.3 Å². The fourth-order valence-electron chi connectivity index (χ4n) is 1.90. The third-order valence-corrected chi connectivity index (χ3v) is 5.46. The van der Waals surface area contributed by atoms with E-state index < -0.39 is 28.5 Å². The summed E-state index contributed by atoms with van der Waals surface area (Å²) in [5.74, 6) is -0.874. The molecule has 1 N–H and O–H groups in total. The lowest BCUT2D eigenvalue weighted by Gasteiger charge is -2.12. The SMILES string of the molecule is CN(C)S(=O)(=O)c1cccc(NC(=O)COC(=O)C=Cc2ccc(Br)o2)c1. The zero-order valence-electron chi connectivity index (χ0n) is 14.5. The first-order valence-electron chi connectivity index (χ1n) is 7.61. The number of carbonyl (C=O) groups is 2. The van der Waals surface area contributed by atoms with E-state index in [0.29, 0.717) is 10.4 Å². The van der Waals surface area contributed by atoms with Crippen molar-refractivity contribution < 1.29 is 27.2 Å². The van der Waals surface area contributed by atoms with Crippen molar-refractivity contribution in [3.05, 3.63) is 52.9 Å². The van der Waals surface area contributed by atoms with Crippen molar-refractivity contribution in [2.75, 3.05) is 26.0 Å². The number of halogens is 1. The molecular weight excluding hydrogens is 440 g/mol. The van der Waals surface area contributed by atoms with Crippen molar-refractivity contribution in [2.45, 2.75) is 4.90 Å². The van der Waals surface area contributed by atoms with Gasteiger partial charge in [0.15, 0.2) is 11.3 Å².